The fourth-order valence-corrected chi connectivity index (χ4v) is 1.89. The number of para-hydroxylation sites is 1. The van der Waals surface area contributed by atoms with Crippen molar-refractivity contribution in [1.82, 2.24) is 0 Å². The summed E-state index contributed by atoms with van der Waals surface area (Å²) in [5, 5.41) is 0. The maximum absolute atomic E-state index is 12.2. The molecule has 0 spiro atoms. The molecule has 2 aromatic rings. The minimum Gasteiger partial charge on any atom is -0.456 e. The Balaban J connectivity index is 2.01. The summed E-state index contributed by atoms with van der Waals surface area (Å²) in [6.07, 6.45) is -0.880. The third-order valence-electron chi connectivity index (χ3n) is 2.90. The number of rotatable bonds is 4. The first-order valence-electron chi connectivity index (χ1n) is 7.56. The van der Waals surface area contributed by atoms with Gasteiger partial charge in [0.15, 0.2) is 0 Å². The summed E-state index contributed by atoms with van der Waals surface area (Å²) in [6.45, 7) is 5.39. The first-order valence-corrected chi connectivity index (χ1v) is 7.56. The van der Waals surface area contributed by atoms with Gasteiger partial charge in [0.05, 0.1) is 0 Å². The Morgan fingerprint density at radius 1 is 0.917 bits per heavy atom. The molecule has 0 aliphatic carbocycles. The standard InChI is InChI=1S/C19H20O5/c1-19(2,3)24-17(20)15-11-7-8-12-16(15)23-18(21)22-13-14-9-5-4-6-10-14/h4-12H,13H2,1-3H3. The third-order valence-corrected chi connectivity index (χ3v) is 2.90. The number of esters is 1. The van der Waals surface area contributed by atoms with E-state index in [9.17, 15) is 9.59 Å². The molecule has 0 bridgehead atoms. The van der Waals surface area contributed by atoms with Crippen LogP contribution in [0.25, 0.3) is 0 Å². The van der Waals surface area contributed by atoms with Gasteiger partial charge >= 0.3 is 12.1 Å². The smallest absolute Gasteiger partial charge is 0.456 e. The molecule has 0 heterocycles. The van der Waals surface area contributed by atoms with E-state index in [0.29, 0.717) is 0 Å². The third kappa shape index (κ3) is 5.43. The first kappa shape index (κ1) is 17.5. The lowest BCUT2D eigenvalue weighted by atomic mass is 10.1. The van der Waals surface area contributed by atoms with Crippen molar-refractivity contribution in [3.8, 4) is 5.75 Å². The normalized spacial score (nSPS) is 10.8. The highest BCUT2D eigenvalue weighted by Crippen LogP contribution is 2.22. The molecular formula is C19H20O5. The summed E-state index contributed by atoms with van der Waals surface area (Å²) in [4.78, 5) is 24.0. The highest BCUT2D eigenvalue weighted by molar-refractivity contribution is 5.93. The fraction of sp³-hybridized carbons (Fsp3) is 0.263. The van der Waals surface area contributed by atoms with E-state index in [1.165, 1.54) is 12.1 Å². The van der Waals surface area contributed by atoms with Crippen LogP contribution < -0.4 is 4.74 Å². The summed E-state index contributed by atoms with van der Waals surface area (Å²) in [5.41, 5.74) is 0.372. The zero-order chi connectivity index (χ0) is 17.6. The molecule has 5 heteroatoms. The van der Waals surface area contributed by atoms with Gasteiger partial charge in [-0.25, -0.2) is 9.59 Å². The average molecular weight is 328 g/mol. The number of ether oxygens (including phenoxy) is 3. The van der Waals surface area contributed by atoms with Gasteiger partial charge in [-0.15, -0.1) is 0 Å². The molecule has 2 aromatic carbocycles. The molecule has 0 atom stereocenters. The van der Waals surface area contributed by atoms with Crippen LogP contribution in [0.5, 0.6) is 5.75 Å². The molecular weight excluding hydrogens is 308 g/mol. The van der Waals surface area contributed by atoms with E-state index < -0.39 is 17.7 Å². The lowest BCUT2D eigenvalue weighted by molar-refractivity contribution is 0.00662. The number of hydrogen-bond donors (Lipinski definition) is 0. The SMILES string of the molecule is CC(C)(C)OC(=O)c1ccccc1OC(=O)OCc1ccccc1. The zero-order valence-corrected chi connectivity index (χ0v) is 13.9. The van der Waals surface area contributed by atoms with Gasteiger partial charge in [0, 0.05) is 0 Å². The van der Waals surface area contributed by atoms with Crippen LogP contribution in [0.15, 0.2) is 54.6 Å². The second-order valence-electron chi connectivity index (χ2n) is 6.12. The van der Waals surface area contributed by atoms with E-state index in [4.69, 9.17) is 14.2 Å². The molecule has 2 rings (SSSR count). The number of carbonyl (C=O) groups excluding carboxylic acids is 2. The molecule has 0 aromatic heterocycles. The van der Waals surface area contributed by atoms with Gasteiger partial charge in [-0.05, 0) is 38.5 Å². The number of carbonyl (C=O) groups is 2. The Morgan fingerprint density at radius 2 is 1.54 bits per heavy atom. The van der Waals surface area contributed by atoms with E-state index in [1.807, 2.05) is 30.3 Å². The van der Waals surface area contributed by atoms with Gasteiger partial charge < -0.3 is 14.2 Å². The predicted octanol–water partition coefficient (Wildman–Crippen LogP) is 4.36. The minimum atomic E-state index is -0.880. The van der Waals surface area contributed by atoms with Gasteiger partial charge in [0.1, 0.15) is 23.5 Å². The summed E-state index contributed by atoms with van der Waals surface area (Å²) in [6, 6.07) is 15.6. The monoisotopic (exact) mass is 328 g/mol. The van der Waals surface area contributed by atoms with Crippen molar-refractivity contribution in [1.29, 1.82) is 0 Å². The van der Waals surface area contributed by atoms with Crippen LogP contribution in [0, 0.1) is 0 Å². The molecule has 126 valence electrons. The second-order valence-corrected chi connectivity index (χ2v) is 6.12. The molecule has 0 fully saturated rings. The number of hydrogen-bond acceptors (Lipinski definition) is 5. The highest BCUT2D eigenvalue weighted by Gasteiger charge is 2.22. The van der Waals surface area contributed by atoms with Gasteiger partial charge in [-0.3, -0.25) is 0 Å². The average Bonchev–Trinajstić information content (AvgIpc) is 2.53. The van der Waals surface area contributed by atoms with E-state index in [-0.39, 0.29) is 17.9 Å². The van der Waals surface area contributed by atoms with Crippen LogP contribution in [0.4, 0.5) is 4.79 Å². The van der Waals surface area contributed by atoms with E-state index >= 15 is 0 Å². The van der Waals surface area contributed by atoms with Crippen molar-refractivity contribution < 1.29 is 23.8 Å². The maximum Gasteiger partial charge on any atom is 0.514 e. The topological polar surface area (TPSA) is 61.8 Å². The lowest BCUT2D eigenvalue weighted by Gasteiger charge is -2.20. The zero-order valence-electron chi connectivity index (χ0n) is 13.9. The van der Waals surface area contributed by atoms with Gasteiger partial charge in [0.2, 0.25) is 0 Å². The van der Waals surface area contributed by atoms with Crippen LogP contribution in [0.2, 0.25) is 0 Å². The van der Waals surface area contributed by atoms with Crippen molar-refractivity contribution >= 4 is 12.1 Å². The molecule has 0 unspecified atom stereocenters. The van der Waals surface area contributed by atoms with Crippen molar-refractivity contribution in [2.24, 2.45) is 0 Å². The van der Waals surface area contributed by atoms with Crippen molar-refractivity contribution in [3.63, 3.8) is 0 Å². The molecule has 0 aliphatic rings. The predicted molar refractivity (Wildman–Crippen MR) is 88.9 cm³/mol. The molecule has 0 aliphatic heterocycles. The maximum atomic E-state index is 12.2. The van der Waals surface area contributed by atoms with E-state index in [2.05, 4.69) is 0 Å². The Morgan fingerprint density at radius 3 is 2.21 bits per heavy atom. The number of benzene rings is 2. The van der Waals surface area contributed by atoms with Crippen LogP contribution in [-0.2, 0) is 16.1 Å². The Bertz CT molecular complexity index is 701. The summed E-state index contributed by atoms with van der Waals surface area (Å²) >= 11 is 0. The Labute approximate surface area is 141 Å². The minimum absolute atomic E-state index is 0.0915. The molecule has 24 heavy (non-hydrogen) atoms. The Hall–Kier alpha value is -2.82. The van der Waals surface area contributed by atoms with Crippen LogP contribution in [0.3, 0.4) is 0 Å². The molecule has 5 nitrogen and oxygen atoms in total. The summed E-state index contributed by atoms with van der Waals surface area (Å²) in [5.74, 6) is -0.459. The summed E-state index contributed by atoms with van der Waals surface area (Å²) < 4.78 is 15.5. The molecule has 0 saturated carbocycles. The van der Waals surface area contributed by atoms with Crippen molar-refractivity contribution in [2.75, 3.05) is 0 Å². The lowest BCUT2D eigenvalue weighted by Crippen LogP contribution is -2.24. The van der Waals surface area contributed by atoms with Gasteiger partial charge in [0.25, 0.3) is 0 Å². The molecule has 0 saturated heterocycles. The van der Waals surface area contributed by atoms with E-state index in [0.717, 1.165) is 5.56 Å². The van der Waals surface area contributed by atoms with Crippen LogP contribution in [0.1, 0.15) is 36.7 Å². The van der Waals surface area contributed by atoms with Gasteiger partial charge in [-0.2, -0.15) is 0 Å². The quantitative estimate of drug-likeness (QED) is 0.616. The van der Waals surface area contributed by atoms with Gasteiger partial charge in [-0.1, -0.05) is 42.5 Å². The molecule has 0 amide bonds. The molecule has 0 radical (unpaired) electrons. The summed E-state index contributed by atoms with van der Waals surface area (Å²) in [7, 11) is 0. The molecule has 0 N–H and O–H groups in total. The largest absolute Gasteiger partial charge is 0.514 e. The fourth-order valence-electron chi connectivity index (χ4n) is 1.89. The highest BCUT2D eigenvalue weighted by atomic mass is 16.7. The van der Waals surface area contributed by atoms with Crippen molar-refractivity contribution in [2.45, 2.75) is 33.0 Å². The van der Waals surface area contributed by atoms with Crippen LogP contribution >= 0.6 is 0 Å². The van der Waals surface area contributed by atoms with E-state index in [1.54, 1.807) is 32.9 Å². The van der Waals surface area contributed by atoms with Crippen molar-refractivity contribution in [3.05, 3.63) is 65.7 Å². The Kier molecular flexibility index (Phi) is 5.58. The second kappa shape index (κ2) is 7.64. The van der Waals surface area contributed by atoms with Crippen LogP contribution in [-0.4, -0.2) is 17.7 Å². The first-order chi connectivity index (χ1) is 11.3.